The molecule has 0 saturated carbocycles. The minimum absolute atomic E-state index is 0.000795. The lowest BCUT2D eigenvalue weighted by atomic mass is 9.92. The molecule has 1 saturated heterocycles. The van der Waals surface area contributed by atoms with Gasteiger partial charge >= 0.3 is 0 Å². The lowest BCUT2D eigenvalue weighted by Gasteiger charge is -2.38. The summed E-state index contributed by atoms with van der Waals surface area (Å²) >= 11 is 0. The second-order valence-electron chi connectivity index (χ2n) is 6.87. The Kier molecular flexibility index (Phi) is 5.37. The summed E-state index contributed by atoms with van der Waals surface area (Å²) in [6.45, 7) is 3.07. The number of pyridine rings is 1. The molecule has 1 aromatic carbocycles. The number of H-pyrrole nitrogens is 1. The van der Waals surface area contributed by atoms with Gasteiger partial charge in [-0.2, -0.15) is 0 Å². The fourth-order valence-corrected chi connectivity index (χ4v) is 3.49. The number of rotatable bonds is 4. The van der Waals surface area contributed by atoms with E-state index < -0.39 is 5.91 Å². The van der Waals surface area contributed by atoms with Gasteiger partial charge in [-0.25, -0.2) is 0 Å². The molecule has 3 rings (SSSR count). The molecule has 2 aromatic rings. The van der Waals surface area contributed by atoms with E-state index in [2.05, 4.69) is 17.2 Å². The first-order valence-corrected chi connectivity index (χ1v) is 8.89. The normalized spacial score (nSPS) is 20.2. The second-order valence-corrected chi connectivity index (χ2v) is 6.87. The highest BCUT2D eigenvalue weighted by atomic mass is 16.2. The number of aromatic nitrogens is 1. The van der Waals surface area contributed by atoms with Gasteiger partial charge in [-0.05, 0) is 30.9 Å². The number of nitrogens with one attached hydrogen (secondary N) is 2. The molecule has 2 heterocycles. The number of aromatic amines is 1. The molecule has 0 spiro atoms. The third-order valence-electron chi connectivity index (χ3n) is 5.00. The van der Waals surface area contributed by atoms with Gasteiger partial charge in [0.05, 0.1) is 6.54 Å². The summed E-state index contributed by atoms with van der Waals surface area (Å²) in [5, 5.41) is 3.01. The van der Waals surface area contributed by atoms with E-state index in [1.807, 2.05) is 6.07 Å². The molecule has 2 atom stereocenters. The first kappa shape index (κ1) is 18.1. The van der Waals surface area contributed by atoms with Gasteiger partial charge in [-0.1, -0.05) is 19.1 Å². The maximum Gasteiger partial charge on any atom is 0.257 e. The number of benzene rings is 1. The second kappa shape index (κ2) is 7.70. The minimum Gasteiger partial charge on any atom is -0.360 e. The molecule has 0 aliphatic carbocycles. The number of likely N-dealkylation sites (tertiary alicyclic amines) is 1. The standard InChI is InChI=1S/C19H24N4O3/c1-12-6-7-23(13(8-12)9-20)17(24)11-22-19(26)15-10-21-16-5-3-2-4-14(16)18(15)25/h2-5,10,12-13H,6-9,11,20H2,1H3,(H,21,25)(H,22,26). The van der Waals surface area contributed by atoms with Crippen molar-refractivity contribution < 1.29 is 9.59 Å². The molecule has 0 radical (unpaired) electrons. The zero-order valence-electron chi connectivity index (χ0n) is 14.8. The molecule has 1 fully saturated rings. The number of hydrogen-bond acceptors (Lipinski definition) is 4. The van der Waals surface area contributed by atoms with Gasteiger partial charge in [0.15, 0.2) is 0 Å². The van der Waals surface area contributed by atoms with E-state index >= 15 is 0 Å². The van der Waals surface area contributed by atoms with Crippen LogP contribution in [0.3, 0.4) is 0 Å². The molecule has 7 nitrogen and oxygen atoms in total. The van der Waals surface area contributed by atoms with E-state index in [0.29, 0.717) is 29.9 Å². The first-order chi connectivity index (χ1) is 12.5. The molecule has 2 amide bonds. The fraction of sp³-hybridized carbons (Fsp3) is 0.421. The third kappa shape index (κ3) is 3.62. The molecule has 1 aliphatic rings. The van der Waals surface area contributed by atoms with Crippen LogP contribution in [0.1, 0.15) is 30.1 Å². The van der Waals surface area contributed by atoms with E-state index in [9.17, 15) is 14.4 Å². The first-order valence-electron chi connectivity index (χ1n) is 8.89. The summed E-state index contributed by atoms with van der Waals surface area (Å²) in [6.07, 6.45) is 3.19. The van der Waals surface area contributed by atoms with Gasteiger partial charge in [0.1, 0.15) is 5.56 Å². The Morgan fingerprint density at radius 1 is 1.35 bits per heavy atom. The van der Waals surface area contributed by atoms with Crippen molar-refractivity contribution in [3.8, 4) is 0 Å². The van der Waals surface area contributed by atoms with Crippen molar-refractivity contribution in [1.82, 2.24) is 15.2 Å². The van der Waals surface area contributed by atoms with Gasteiger partial charge in [0.25, 0.3) is 5.91 Å². The zero-order chi connectivity index (χ0) is 18.7. The number of fused-ring (bicyclic) bond motifs is 1. The van der Waals surface area contributed by atoms with Crippen LogP contribution >= 0.6 is 0 Å². The number of nitrogens with zero attached hydrogens (tertiary/aromatic N) is 1. The summed E-state index contributed by atoms with van der Waals surface area (Å²) in [5.41, 5.74) is 6.10. The predicted octanol–water partition coefficient (Wildman–Crippen LogP) is 0.844. The Labute approximate surface area is 151 Å². The summed E-state index contributed by atoms with van der Waals surface area (Å²) < 4.78 is 0. The van der Waals surface area contributed by atoms with E-state index in [1.54, 1.807) is 23.1 Å². The van der Waals surface area contributed by atoms with Crippen molar-refractivity contribution in [3.05, 3.63) is 46.2 Å². The van der Waals surface area contributed by atoms with Crippen molar-refractivity contribution in [2.45, 2.75) is 25.8 Å². The Bertz CT molecular complexity index is 876. The maximum absolute atomic E-state index is 12.5. The molecular formula is C19H24N4O3. The van der Waals surface area contributed by atoms with Crippen LogP contribution in [-0.2, 0) is 4.79 Å². The van der Waals surface area contributed by atoms with Crippen LogP contribution in [0.2, 0.25) is 0 Å². The van der Waals surface area contributed by atoms with Crippen LogP contribution in [0.5, 0.6) is 0 Å². The molecule has 138 valence electrons. The van der Waals surface area contributed by atoms with Crippen LogP contribution in [0, 0.1) is 5.92 Å². The SMILES string of the molecule is CC1CCN(C(=O)CNC(=O)c2c[nH]c3ccccc3c2=O)C(CN)C1. The number of para-hydroxylation sites is 1. The van der Waals surface area contributed by atoms with Crippen molar-refractivity contribution in [2.75, 3.05) is 19.6 Å². The highest BCUT2D eigenvalue weighted by Crippen LogP contribution is 2.21. The van der Waals surface area contributed by atoms with E-state index in [0.717, 1.165) is 12.8 Å². The summed E-state index contributed by atoms with van der Waals surface area (Å²) in [5.74, 6) is -0.184. The van der Waals surface area contributed by atoms with Crippen molar-refractivity contribution >= 4 is 22.7 Å². The van der Waals surface area contributed by atoms with Crippen LogP contribution < -0.4 is 16.5 Å². The van der Waals surface area contributed by atoms with E-state index in [1.165, 1.54) is 6.20 Å². The number of hydrogen-bond donors (Lipinski definition) is 3. The summed E-state index contributed by atoms with van der Waals surface area (Å²) in [4.78, 5) is 42.0. The monoisotopic (exact) mass is 356 g/mol. The maximum atomic E-state index is 12.5. The van der Waals surface area contributed by atoms with Crippen molar-refractivity contribution in [2.24, 2.45) is 11.7 Å². The lowest BCUT2D eigenvalue weighted by molar-refractivity contribution is -0.134. The Balaban J connectivity index is 1.68. The number of amides is 2. The molecule has 7 heteroatoms. The zero-order valence-corrected chi connectivity index (χ0v) is 14.8. The molecule has 26 heavy (non-hydrogen) atoms. The van der Waals surface area contributed by atoms with E-state index in [4.69, 9.17) is 5.73 Å². The Hall–Kier alpha value is -2.67. The van der Waals surface area contributed by atoms with Crippen LogP contribution in [-0.4, -0.2) is 47.4 Å². The Morgan fingerprint density at radius 2 is 2.12 bits per heavy atom. The van der Waals surface area contributed by atoms with Gasteiger partial charge in [-0.15, -0.1) is 0 Å². The lowest BCUT2D eigenvalue weighted by Crippen LogP contribution is -2.52. The molecule has 4 N–H and O–H groups in total. The highest BCUT2D eigenvalue weighted by Gasteiger charge is 2.29. The number of piperidine rings is 1. The quantitative estimate of drug-likeness (QED) is 0.754. The van der Waals surface area contributed by atoms with Crippen LogP contribution in [0.15, 0.2) is 35.3 Å². The summed E-state index contributed by atoms with van der Waals surface area (Å²) in [6, 6.07) is 6.99. The number of carbonyl (C=O) groups is 2. The molecule has 1 aromatic heterocycles. The average molecular weight is 356 g/mol. The average Bonchev–Trinajstić information content (AvgIpc) is 2.66. The summed E-state index contributed by atoms with van der Waals surface area (Å²) in [7, 11) is 0. The van der Waals surface area contributed by atoms with Gasteiger partial charge in [-0.3, -0.25) is 14.4 Å². The molecule has 1 aliphatic heterocycles. The number of carbonyl (C=O) groups excluding carboxylic acids is 2. The minimum atomic E-state index is -0.556. The molecular weight excluding hydrogens is 332 g/mol. The largest absolute Gasteiger partial charge is 0.360 e. The molecule has 0 bridgehead atoms. The highest BCUT2D eigenvalue weighted by molar-refractivity contribution is 5.98. The van der Waals surface area contributed by atoms with Gasteiger partial charge < -0.3 is 20.9 Å². The predicted molar refractivity (Wildman–Crippen MR) is 99.9 cm³/mol. The Morgan fingerprint density at radius 3 is 2.88 bits per heavy atom. The van der Waals surface area contributed by atoms with E-state index in [-0.39, 0.29) is 29.5 Å². The van der Waals surface area contributed by atoms with Crippen LogP contribution in [0.25, 0.3) is 10.9 Å². The third-order valence-corrected chi connectivity index (χ3v) is 5.00. The van der Waals surface area contributed by atoms with Crippen molar-refractivity contribution in [3.63, 3.8) is 0 Å². The molecule has 2 unspecified atom stereocenters. The van der Waals surface area contributed by atoms with Crippen molar-refractivity contribution in [1.29, 1.82) is 0 Å². The van der Waals surface area contributed by atoms with Gasteiger partial charge in [0, 0.05) is 36.2 Å². The smallest absolute Gasteiger partial charge is 0.257 e. The van der Waals surface area contributed by atoms with Crippen LogP contribution in [0.4, 0.5) is 0 Å². The van der Waals surface area contributed by atoms with Gasteiger partial charge in [0.2, 0.25) is 11.3 Å². The topological polar surface area (TPSA) is 108 Å². The fourth-order valence-electron chi connectivity index (χ4n) is 3.49. The number of nitrogens with two attached hydrogens (primary N) is 1.